The van der Waals surface area contributed by atoms with Crippen molar-refractivity contribution < 1.29 is 0 Å². The summed E-state index contributed by atoms with van der Waals surface area (Å²) in [5.41, 5.74) is 8.49. The Morgan fingerprint density at radius 1 is 0.340 bits per heavy atom. The molecule has 0 aliphatic heterocycles. The Kier molecular flexibility index (Phi) is 6.61. The molecule has 47 heavy (non-hydrogen) atoms. The number of benzene rings is 6. The smallest absolute Gasteiger partial charge is 0.164 e. The fourth-order valence-corrected chi connectivity index (χ4v) is 7.35. The summed E-state index contributed by atoms with van der Waals surface area (Å²) in [6.07, 6.45) is 0. The van der Waals surface area contributed by atoms with E-state index in [0.29, 0.717) is 17.5 Å². The number of fused-ring (bicyclic) bond motifs is 4. The molecular weight excluding hydrogens is 593 g/mol. The third-order valence-corrected chi connectivity index (χ3v) is 9.64. The lowest BCUT2D eigenvalue weighted by molar-refractivity contribution is 1.07. The van der Waals surface area contributed by atoms with Crippen molar-refractivity contribution in [3.05, 3.63) is 158 Å². The first kappa shape index (κ1) is 27.3. The predicted octanol–water partition coefficient (Wildman–Crippen LogP) is 11.1. The van der Waals surface area contributed by atoms with E-state index < -0.39 is 0 Å². The van der Waals surface area contributed by atoms with E-state index in [-0.39, 0.29) is 0 Å². The lowest BCUT2D eigenvalue weighted by atomic mass is 9.95. The van der Waals surface area contributed by atoms with E-state index >= 15 is 0 Å². The molecule has 0 spiro atoms. The third kappa shape index (κ3) is 4.94. The standard InChI is InChI=1S/C42H26N4S/c1-3-11-27(12-4-1)28-19-23-31(24-20-28)40-44-39(30-13-5-2-6-14-30)45-41(46-40)32-25-21-29(22-26-32)37-33-15-7-9-17-35(33)43-42-38(37)34-16-8-10-18-36(34)47-42/h1-26H. The van der Waals surface area contributed by atoms with Crippen LogP contribution in [0.4, 0.5) is 0 Å². The molecule has 0 amide bonds. The van der Waals surface area contributed by atoms with Gasteiger partial charge in [-0.05, 0) is 28.8 Å². The van der Waals surface area contributed by atoms with Gasteiger partial charge in [0.25, 0.3) is 0 Å². The van der Waals surface area contributed by atoms with Crippen LogP contribution in [0.5, 0.6) is 0 Å². The van der Waals surface area contributed by atoms with Crippen molar-refractivity contribution in [2.75, 3.05) is 0 Å². The van der Waals surface area contributed by atoms with Crippen LogP contribution in [-0.4, -0.2) is 19.9 Å². The Morgan fingerprint density at radius 2 is 0.787 bits per heavy atom. The predicted molar refractivity (Wildman–Crippen MR) is 195 cm³/mol. The van der Waals surface area contributed by atoms with Gasteiger partial charge in [-0.1, -0.05) is 146 Å². The van der Waals surface area contributed by atoms with Gasteiger partial charge in [-0.25, -0.2) is 19.9 Å². The molecule has 9 rings (SSSR count). The highest BCUT2D eigenvalue weighted by molar-refractivity contribution is 7.25. The topological polar surface area (TPSA) is 51.6 Å². The number of hydrogen-bond acceptors (Lipinski definition) is 5. The molecule has 9 aromatic rings. The van der Waals surface area contributed by atoms with E-state index in [9.17, 15) is 0 Å². The van der Waals surface area contributed by atoms with Gasteiger partial charge in [0.05, 0.1) is 5.52 Å². The molecule has 3 aromatic heterocycles. The van der Waals surface area contributed by atoms with Gasteiger partial charge in [0.15, 0.2) is 17.5 Å². The number of nitrogens with zero attached hydrogens (tertiary/aromatic N) is 4. The van der Waals surface area contributed by atoms with Crippen LogP contribution >= 0.6 is 11.3 Å². The minimum absolute atomic E-state index is 0.637. The molecule has 0 radical (unpaired) electrons. The molecule has 0 atom stereocenters. The van der Waals surface area contributed by atoms with Gasteiger partial charge < -0.3 is 0 Å². The summed E-state index contributed by atoms with van der Waals surface area (Å²) < 4.78 is 1.24. The molecule has 0 aliphatic carbocycles. The quantitative estimate of drug-likeness (QED) is 0.193. The van der Waals surface area contributed by atoms with E-state index in [2.05, 4.69) is 121 Å². The number of rotatable bonds is 5. The highest BCUT2D eigenvalue weighted by Crippen LogP contribution is 2.43. The first-order chi connectivity index (χ1) is 23.3. The molecule has 0 saturated heterocycles. The molecule has 0 unspecified atom stereocenters. The van der Waals surface area contributed by atoms with E-state index in [1.165, 1.54) is 26.6 Å². The lowest BCUT2D eigenvalue weighted by Crippen LogP contribution is -2.00. The maximum Gasteiger partial charge on any atom is 0.164 e. The van der Waals surface area contributed by atoms with Crippen LogP contribution < -0.4 is 0 Å². The van der Waals surface area contributed by atoms with Crippen LogP contribution in [0.2, 0.25) is 0 Å². The van der Waals surface area contributed by atoms with Crippen LogP contribution in [-0.2, 0) is 0 Å². The zero-order chi connectivity index (χ0) is 31.2. The summed E-state index contributed by atoms with van der Waals surface area (Å²) in [7, 11) is 0. The molecule has 0 saturated carbocycles. The second-order valence-corrected chi connectivity index (χ2v) is 12.5. The molecule has 5 heteroatoms. The first-order valence-electron chi connectivity index (χ1n) is 15.6. The van der Waals surface area contributed by atoms with Crippen LogP contribution in [0.15, 0.2) is 158 Å². The maximum absolute atomic E-state index is 5.06. The summed E-state index contributed by atoms with van der Waals surface area (Å²) in [5.74, 6) is 1.93. The van der Waals surface area contributed by atoms with Gasteiger partial charge in [0, 0.05) is 43.1 Å². The van der Waals surface area contributed by atoms with Gasteiger partial charge in [-0.2, -0.15) is 0 Å². The Balaban J connectivity index is 1.17. The molecule has 0 aliphatic rings. The molecule has 6 aromatic carbocycles. The van der Waals surface area contributed by atoms with Gasteiger partial charge in [-0.15, -0.1) is 11.3 Å². The van der Waals surface area contributed by atoms with Crippen molar-refractivity contribution >= 4 is 42.5 Å². The average Bonchev–Trinajstić information content (AvgIpc) is 3.52. The van der Waals surface area contributed by atoms with Crippen molar-refractivity contribution in [1.82, 2.24) is 19.9 Å². The Hall–Kier alpha value is -6.04. The zero-order valence-electron chi connectivity index (χ0n) is 25.2. The second kappa shape index (κ2) is 11.4. The van der Waals surface area contributed by atoms with Gasteiger partial charge in [0.2, 0.25) is 0 Å². The summed E-state index contributed by atoms with van der Waals surface area (Å²) in [5, 5.41) is 3.58. The zero-order valence-corrected chi connectivity index (χ0v) is 26.0. The lowest BCUT2D eigenvalue weighted by Gasteiger charge is -2.11. The molecule has 4 nitrogen and oxygen atoms in total. The second-order valence-electron chi connectivity index (χ2n) is 11.5. The summed E-state index contributed by atoms with van der Waals surface area (Å²) in [6.45, 7) is 0. The highest BCUT2D eigenvalue weighted by atomic mass is 32.1. The van der Waals surface area contributed by atoms with E-state index in [1.807, 2.05) is 36.4 Å². The molecule has 3 heterocycles. The van der Waals surface area contributed by atoms with Crippen LogP contribution in [0.3, 0.4) is 0 Å². The van der Waals surface area contributed by atoms with Crippen LogP contribution in [0.1, 0.15) is 0 Å². The highest BCUT2D eigenvalue weighted by Gasteiger charge is 2.17. The number of hydrogen-bond donors (Lipinski definition) is 0. The molecule has 0 bridgehead atoms. The first-order valence-corrected chi connectivity index (χ1v) is 16.4. The Morgan fingerprint density at radius 3 is 1.43 bits per heavy atom. The fraction of sp³-hybridized carbons (Fsp3) is 0. The largest absolute Gasteiger partial charge is 0.237 e. The van der Waals surface area contributed by atoms with Crippen molar-refractivity contribution in [2.45, 2.75) is 0 Å². The Bertz CT molecular complexity index is 2540. The summed E-state index contributed by atoms with van der Waals surface area (Å²) in [4.78, 5) is 21.0. The van der Waals surface area contributed by atoms with Crippen molar-refractivity contribution in [3.63, 3.8) is 0 Å². The van der Waals surface area contributed by atoms with Gasteiger partial charge in [0.1, 0.15) is 4.83 Å². The number of thiophene rings is 1. The fourth-order valence-electron chi connectivity index (χ4n) is 6.26. The van der Waals surface area contributed by atoms with Crippen LogP contribution in [0, 0.1) is 0 Å². The third-order valence-electron chi connectivity index (χ3n) is 8.57. The van der Waals surface area contributed by atoms with E-state index in [0.717, 1.165) is 43.6 Å². The minimum atomic E-state index is 0.637. The van der Waals surface area contributed by atoms with Gasteiger partial charge in [-0.3, -0.25) is 0 Å². The summed E-state index contributed by atoms with van der Waals surface area (Å²) >= 11 is 1.75. The monoisotopic (exact) mass is 618 g/mol. The van der Waals surface area contributed by atoms with E-state index in [4.69, 9.17) is 19.9 Å². The average molecular weight is 619 g/mol. The maximum atomic E-state index is 5.06. The molecular formula is C42H26N4S. The van der Waals surface area contributed by atoms with E-state index in [1.54, 1.807) is 11.3 Å². The van der Waals surface area contributed by atoms with Crippen molar-refractivity contribution in [2.24, 2.45) is 0 Å². The molecule has 0 fully saturated rings. The minimum Gasteiger partial charge on any atom is -0.237 e. The van der Waals surface area contributed by atoms with Crippen molar-refractivity contribution in [3.8, 4) is 56.4 Å². The normalized spacial score (nSPS) is 11.4. The Labute approximate surface area is 275 Å². The summed E-state index contributed by atoms with van der Waals surface area (Å²) in [6, 6.07) is 54.5. The molecule has 0 N–H and O–H groups in total. The van der Waals surface area contributed by atoms with Crippen LogP contribution in [0.25, 0.3) is 87.6 Å². The van der Waals surface area contributed by atoms with Gasteiger partial charge >= 0.3 is 0 Å². The number of pyridine rings is 1. The molecule has 220 valence electrons. The number of para-hydroxylation sites is 1. The SMILES string of the molecule is c1ccc(-c2ccc(-c3nc(-c4ccccc4)nc(-c4ccc(-c5c6ccccc6nc6sc7ccccc7c56)cc4)n3)cc2)cc1. The number of aromatic nitrogens is 4. The van der Waals surface area contributed by atoms with Crippen molar-refractivity contribution in [1.29, 1.82) is 0 Å².